The molecule has 2 amide bonds. The normalized spacial score (nSPS) is 11.5. The van der Waals surface area contributed by atoms with Crippen molar-refractivity contribution in [2.24, 2.45) is 0 Å². The largest absolute Gasteiger partial charge is 0.490 e. The van der Waals surface area contributed by atoms with E-state index in [1.165, 1.54) is 0 Å². The summed E-state index contributed by atoms with van der Waals surface area (Å²) < 4.78 is 11.4. The van der Waals surface area contributed by atoms with Crippen molar-refractivity contribution in [3.8, 4) is 11.5 Å². The summed E-state index contributed by atoms with van der Waals surface area (Å²) >= 11 is 6.22. The van der Waals surface area contributed by atoms with Crippen LogP contribution in [0.4, 0.5) is 0 Å². The number of likely N-dealkylation sites (N-methyl/N-ethyl adjacent to an activating group) is 1. The van der Waals surface area contributed by atoms with Gasteiger partial charge in [0.05, 0.1) is 13.2 Å². The number of benzene rings is 3. The number of rotatable bonds is 13. The summed E-state index contributed by atoms with van der Waals surface area (Å²) in [5.41, 5.74) is 2.80. The van der Waals surface area contributed by atoms with E-state index in [1.807, 2.05) is 80.6 Å². The Morgan fingerprint density at radius 1 is 0.865 bits per heavy atom. The Morgan fingerprint density at radius 3 is 2.24 bits per heavy atom. The average Bonchev–Trinajstić information content (AvgIpc) is 2.91. The molecule has 1 atom stereocenters. The van der Waals surface area contributed by atoms with Crippen molar-refractivity contribution < 1.29 is 19.1 Å². The van der Waals surface area contributed by atoms with Gasteiger partial charge in [-0.25, -0.2) is 0 Å². The first-order chi connectivity index (χ1) is 17.9. The van der Waals surface area contributed by atoms with Crippen molar-refractivity contribution in [2.45, 2.75) is 45.7 Å². The number of carbonyl (C=O) groups excluding carboxylic acids is 2. The van der Waals surface area contributed by atoms with Crippen molar-refractivity contribution in [1.82, 2.24) is 10.2 Å². The van der Waals surface area contributed by atoms with E-state index in [2.05, 4.69) is 5.32 Å². The van der Waals surface area contributed by atoms with Crippen LogP contribution in [-0.2, 0) is 29.0 Å². The van der Waals surface area contributed by atoms with Crippen LogP contribution in [0.3, 0.4) is 0 Å². The molecule has 0 saturated carbocycles. The van der Waals surface area contributed by atoms with E-state index < -0.39 is 6.04 Å². The van der Waals surface area contributed by atoms with Gasteiger partial charge in [0.25, 0.3) is 0 Å². The minimum Gasteiger partial charge on any atom is -0.490 e. The first-order valence-corrected chi connectivity index (χ1v) is 13.0. The Hall–Kier alpha value is -3.51. The second kappa shape index (κ2) is 14.3. The summed E-state index contributed by atoms with van der Waals surface area (Å²) in [6.45, 7) is 5.18. The molecule has 0 heterocycles. The van der Waals surface area contributed by atoms with E-state index in [9.17, 15) is 9.59 Å². The Morgan fingerprint density at radius 2 is 1.57 bits per heavy atom. The van der Waals surface area contributed by atoms with E-state index in [4.69, 9.17) is 21.1 Å². The van der Waals surface area contributed by atoms with Crippen molar-refractivity contribution in [1.29, 1.82) is 0 Å². The van der Waals surface area contributed by atoms with Gasteiger partial charge in [0.15, 0.2) is 11.5 Å². The number of aryl methyl sites for hydroxylation is 1. The molecular weight excluding hydrogens is 488 g/mol. The number of hydrogen-bond acceptors (Lipinski definition) is 4. The molecule has 0 aromatic heterocycles. The Balaban J connectivity index is 1.86. The Labute approximate surface area is 224 Å². The van der Waals surface area contributed by atoms with Gasteiger partial charge in [0.2, 0.25) is 11.8 Å². The molecule has 1 N–H and O–H groups in total. The third-order valence-corrected chi connectivity index (χ3v) is 6.23. The average molecular weight is 523 g/mol. The predicted octanol–water partition coefficient (Wildman–Crippen LogP) is 5.46. The van der Waals surface area contributed by atoms with Gasteiger partial charge < -0.3 is 19.7 Å². The van der Waals surface area contributed by atoms with Gasteiger partial charge in [-0.2, -0.15) is 0 Å². The van der Waals surface area contributed by atoms with Crippen LogP contribution in [-0.4, -0.2) is 43.0 Å². The van der Waals surface area contributed by atoms with E-state index in [0.29, 0.717) is 42.6 Å². The van der Waals surface area contributed by atoms with Gasteiger partial charge >= 0.3 is 0 Å². The maximum atomic E-state index is 13.7. The zero-order valence-corrected chi connectivity index (χ0v) is 22.5. The quantitative estimate of drug-likeness (QED) is 0.324. The van der Waals surface area contributed by atoms with Gasteiger partial charge in [-0.1, -0.05) is 60.1 Å². The maximum Gasteiger partial charge on any atom is 0.242 e. The highest BCUT2D eigenvalue weighted by Gasteiger charge is 2.29. The molecule has 0 aliphatic rings. The van der Waals surface area contributed by atoms with Crippen molar-refractivity contribution in [3.05, 3.63) is 94.5 Å². The molecule has 3 rings (SSSR count). The molecule has 0 fully saturated rings. The molecule has 37 heavy (non-hydrogen) atoms. The van der Waals surface area contributed by atoms with Gasteiger partial charge in [0.1, 0.15) is 6.04 Å². The minimum absolute atomic E-state index is 0.114. The lowest BCUT2D eigenvalue weighted by atomic mass is 10.0. The SMILES string of the molecule is CCOc1ccc(CCC(=O)N(Cc2cccc(Cl)c2)[C@@H](Cc2ccccc2)C(=O)NC)cc1OCC. The number of nitrogens with one attached hydrogen (secondary N) is 1. The third-order valence-electron chi connectivity index (χ3n) is 5.99. The van der Waals surface area contributed by atoms with Crippen LogP contribution in [0.25, 0.3) is 0 Å². The minimum atomic E-state index is -0.668. The molecule has 3 aromatic carbocycles. The lowest BCUT2D eigenvalue weighted by molar-refractivity contribution is -0.141. The second-order valence-corrected chi connectivity index (χ2v) is 9.05. The van der Waals surface area contributed by atoms with E-state index >= 15 is 0 Å². The van der Waals surface area contributed by atoms with Gasteiger partial charge in [-0.15, -0.1) is 0 Å². The zero-order chi connectivity index (χ0) is 26.6. The number of carbonyl (C=O) groups is 2. The molecule has 0 unspecified atom stereocenters. The fraction of sp³-hybridized carbons (Fsp3) is 0.333. The van der Waals surface area contributed by atoms with E-state index in [1.54, 1.807) is 18.0 Å². The van der Waals surface area contributed by atoms with Crippen LogP contribution in [0.15, 0.2) is 72.8 Å². The van der Waals surface area contributed by atoms with E-state index in [0.717, 1.165) is 16.7 Å². The van der Waals surface area contributed by atoms with Gasteiger partial charge in [-0.05, 0) is 61.2 Å². The number of ether oxygens (including phenoxy) is 2. The Bertz CT molecular complexity index is 1170. The van der Waals surface area contributed by atoms with Gasteiger partial charge in [0, 0.05) is 31.5 Å². The summed E-state index contributed by atoms with van der Waals surface area (Å²) in [6.07, 6.45) is 1.15. The van der Waals surface area contributed by atoms with Crippen LogP contribution < -0.4 is 14.8 Å². The number of nitrogens with zero attached hydrogens (tertiary/aromatic N) is 1. The number of amides is 2. The number of halogens is 1. The van der Waals surface area contributed by atoms with Crippen LogP contribution in [0.1, 0.15) is 37.0 Å². The van der Waals surface area contributed by atoms with Crippen molar-refractivity contribution >= 4 is 23.4 Å². The lowest BCUT2D eigenvalue weighted by Crippen LogP contribution is -2.49. The van der Waals surface area contributed by atoms with Crippen molar-refractivity contribution in [3.63, 3.8) is 0 Å². The summed E-state index contributed by atoms with van der Waals surface area (Å²) in [5.74, 6) is 1.03. The molecule has 7 heteroatoms. The molecule has 0 radical (unpaired) electrons. The lowest BCUT2D eigenvalue weighted by Gasteiger charge is -2.31. The summed E-state index contributed by atoms with van der Waals surface area (Å²) in [7, 11) is 1.59. The topological polar surface area (TPSA) is 67.9 Å². The fourth-order valence-corrected chi connectivity index (χ4v) is 4.41. The summed E-state index contributed by atoms with van der Waals surface area (Å²) in [6, 6.07) is 22.2. The Kier molecular flexibility index (Phi) is 10.8. The first-order valence-electron chi connectivity index (χ1n) is 12.6. The van der Waals surface area contributed by atoms with Crippen LogP contribution in [0.5, 0.6) is 11.5 Å². The standard InChI is InChI=1S/C30H35ClN2O4/c1-4-36-27-16-14-23(20-28(27)37-5-2)15-17-29(34)33(21-24-12-9-13-25(31)18-24)26(30(35)32-3)19-22-10-7-6-8-11-22/h6-14,16,18,20,26H,4-5,15,17,19,21H2,1-3H3,(H,32,35)/t26-/m0/s1. The summed E-state index contributed by atoms with van der Waals surface area (Å²) in [4.78, 5) is 28.4. The third kappa shape index (κ3) is 8.25. The maximum absolute atomic E-state index is 13.7. The molecule has 0 saturated heterocycles. The van der Waals surface area contributed by atoms with Crippen LogP contribution in [0.2, 0.25) is 5.02 Å². The monoisotopic (exact) mass is 522 g/mol. The molecule has 0 bridgehead atoms. The highest BCUT2D eigenvalue weighted by Crippen LogP contribution is 2.29. The zero-order valence-electron chi connectivity index (χ0n) is 21.7. The number of hydrogen-bond donors (Lipinski definition) is 1. The van der Waals surface area contributed by atoms with Crippen LogP contribution >= 0.6 is 11.6 Å². The predicted molar refractivity (Wildman–Crippen MR) is 147 cm³/mol. The van der Waals surface area contributed by atoms with Gasteiger partial charge in [-0.3, -0.25) is 9.59 Å². The smallest absolute Gasteiger partial charge is 0.242 e. The molecule has 3 aromatic rings. The molecule has 196 valence electrons. The molecule has 0 spiro atoms. The summed E-state index contributed by atoms with van der Waals surface area (Å²) in [5, 5.41) is 3.33. The molecule has 6 nitrogen and oxygen atoms in total. The molecular formula is C30H35ClN2O4. The fourth-order valence-electron chi connectivity index (χ4n) is 4.20. The highest BCUT2D eigenvalue weighted by molar-refractivity contribution is 6.30. The van der Waals surface area contributed by atoms with E-state index in [-0.39, 0.29) is 24.8 Å². The first kappa shape index (κ1) is 28.1. The molecule has 0 aliphatic carbocycles. The highest BCUT2D eigenvalue weighted by atomic mass is 35.5. The van der Waals surface area contributed by atoms with Crippen molar-refractivity contribution in [2.75, 3.05) is 20.3 Å². The second-order valence-electron chi connectivity index (χ2n) is 8.62. The van der Waals surface area contributed by atoms with Crippen LogP contribution in [0, 0.1) is 0 Å². The molecule has 0 aliphatic heterocycles.